The van der Waals surface area contributed by atoms with Gasteiger partial charge in [-0.15, -0.1) is 0 Å². The Labute approximate surface area is 140 Å². The van der Waals surface area contributed by atoms with Gasteiger partial charge in [-0.2, -0.15) is 11.8 Å². The zero-order chi connectivity index (χ0) is 16.7. The summed E-state index contributed by atoms with van der Waals surface area (Å²) in [6, 6.07) is 2.75. The van der Waals surface area contributed by atoms with Crippen molar-refractivity contribution in [3.63, 3.8) is 0 Å². The van der Waals surface area contributed by atoms with E-state index in [0.29, 0.717) is 38.4 Å². The van der Waals surface area contributed by atoms with Gasteiger partial charge < -0.3 is 20.2 Å². The van der Waals surface area contributed by atoms with Gasteiger partial charge in [-0.1, -0.05) is 0 Å². The number of aromatic nitrogens is 1. The number of nitrogens with one attached hydrogen (secondary N) is 1. The molecule has 2 amide bonds. The number of carbonyl (C=O) groups is 2. The van der Waals surface area contributed by atoms with Gasteiger partial charge in [-0.05, 0) is 30.6 Å². The van der Waals surface area contributed by atoms with E-state index in [1.807, 2.05) is 18.4 Å². The topological polar surface area (TPSA) is 85.8 Å². The molecule has 0 radical (unpaired) electrons. The van der Waals surface area contributed by atoms with E-state index in [-0.39, 0.29) is 6.03 Å². The third-order valence-corrected chi connectivity index (χ3v) is 4.43. The predicted molar refractivity (Wildman–Crippen MR) is 91.0 cm³/mol. The van der Waals surface area contributed by atoms with Gasteiger partial charge in [-0.25, -0.2) is 9.59 Å². The Hall–Kier alpha value is -1.96. The van der Waals surface area contributed by atoms with Crippen molar-refractivity contribution in [3.05, 3.63) is 24.5 Å². The second-order valence-electron chi connectivity index (χ2n) is 5.31. The number of pyridine rings is 1. The predicted octanol–water partition coefficient (Wildman–Crippen LogP) is 1.12. The first-order chi connectivity index (χ1) is 11.1. The fraction of sp³-hybridized carbons (Fsp3) is 0.533. The van der Waals surface area contributed by atoms with Crippen LogP contribution in [0.1, 0.15) is 6.42 Å². The smallest absolute Gasteiger partial charge is 0.326 e. The van der Waals surface area contributed by atoms with Crippen LogP contribution >= 0.6 is 11.8 Å². The summed E-state index contributed by atoms with van der Waals surface area (Å²) in [5.74, 6) is -0.284. The summed E-state index contributed by atoms with van der Waals surface area (Å²) in [5.41, 5.74) is 1.04. The molecule has 126 valence electrons. The van der Waals surface area contributed by atoms with Crippen LogP contribution in [0.15, 0.2) is 24.5 Å². The highest BCUT2D eigenvalue weighted by molar-refractivity contribution is 7.98. The highest BCUT2D eigenvalue weighted by atomic mass is 32.2. The molecule has 0 aromatic carbocycles. The van der Waals surface area contributed by atoms with Crippen molar-refractivity contribution in [2.45, 2.75) is 12.5 Å². The van der Waals surface area contributed by atoms with Gasteiger partial charge in [0.05, 0.1) is 11.9 Å². The van der Waals surface area contributed by atoms with Crippen LogP contribution in [0.4, 0.5) is 10.5 Å². The SMILES string of the molecule is CSCCC(NC(=O)N1CCN(c2cccnc2)CC1)C(=O)O. The van der Waals surface area contributed by atoms with E-state index in [0.717, 1.165) is 5.69 Å². The largest absolute Gasteiger partial charge is 0.480 e. The van der Waals surface area contributed by atoms with Crippen molar-refractivity contribution >= 4 is 29.4 Å². The van der Waals surface area contributed by atoms with Gasteiger partial charge in [-0.3, -0.25) is 4.98 Å². The molecular formula is C15H22N4O3S. The molecule has 1 aliphatic rings. The van der Waals surface area contributed by atoms with Crippen LogP contribution in [0.2, 0.25) is 0 Å². The number of carbonyl (C=O) groups excluding carboxylic acids is 1. The van der Waals surface area contributed by atoms with Crippen molar-refractivity contribution in [2.75, 3.05) is 43.1 Å². The summed E-state index contributed by atoms with van der Waals surface area (Å²) in [6.07, 6.45) is 5.88. The summed E-state index contributed by atoms with van der Waals surface area (Å²) < 4.78 is 0. The maximum absolute atomic E-state index is 12.2. The average molecular weight is 338 g/mol. The molecular weight excluding hydrogens is 316 g/mol. The van der Waals surface area contributed by atoms with E-state index < -0.39 is 12.0 Å². The van der Waals surface area contributed by atoms with E-state index in [4.69, 9.17) is 0 Å². The number of hydrogen-bond donors (Lipinski definition) is 2. The number of anilines is 1. The van der Waals surface area contributed by atoms with E-state index in [2.05, 4.69) is 15.2 Å². The van der Waals surface area contributed by atoms with Gasteiger partial charge in [0.25, 0.3) is 0 Å². The lowest BCUT2D eigenvalue weighted by Gasteiger charge is -2.36. The minimum Gasteiger partial charge on any atom is -0.480 e. The Balaban J connectivity index is 1.84. The first kappa shape index (κ1) is 17.4. The molecule has 1 atom stereocenters. The number of hydrogen-bond acceptors (Lipinski definition) is 5. The molecule has 1 fully saturated rings. The molecule has 0 bridgehead atoms. The number of piperazine rings is 1. The number of thioether (sulfide) groups is 1. The van der Waals surface area contributed by atoms with Crippen LogP contribution in [0.25, 0.3) is 0 Å². The fourth-order valence-electron chi connectivity index (χ4n) is 2.44. The van der Waals surface area contributed by atoms with Gasteiger partial charge in [0.15, 0.2) is 0 Å². The first-order valence-electron chi connectivity index (χ1n) is 7.54. The van der Waals surface area contributed by atoms with E-state index in [1.165, 1.54) is 0 Å². The molecule has 7 nitrogen and oxygen atoms in total. The zero-order valence-corrected chi connectivity index (χ0v) is 14.0. The van der Waals surface area contributed by atoms with E-state index >= 15 is 0 Å². The number of carboxylic acids is 1. The third kappa shape index (κ3) is 5.02. The second kappa shape index (κ2) is 8.61. The molecule has 1 aromatic rings. The molecule has 2 rings (SSSR count). The van der Waals surface area contributed by atoms with Crippen LogP contribution in [-0.2, 0) is 4.79 Å². The maximum Gasteiger partial charge on any atom is 0.326 e. The molecule has 1 saturated heterocycles. The highest BCUT2D eigenvalue weighted by Gasteiger charge is 2.25. The van der Waals surface area contributed by atoms with E-state index in [1.54, 1.807) is 29.1 Å². The lowest BCUT2D eigenvalue weighted by atomic mass is 10.2. The lowest BCUT2D eigenvalue weighted by Crippen LogP contribution is -2.54. The van der Waals surface area contributed by atoms with Crippen LogP contribution in [0.5, 0.6) is 0 Å². The fourth-order valence-corrected chi connectivity index (χ4v) is 2.91. The van der Waals surface area contributed by atoms with Gasteiger partial charge >= 0.3 is 12.0 Å². The van der Waals surface area contributed by atoms with Crippen molar-refractivity contribution < 1.29 is 14.7 Å². The normalized spacial score (nSPS) is 16.0. The lowest BCUT2D eigenvalue weighted by molar-refractivity contribution is -0.139. The van der Waals surface area contributed by atoms with Crippen LogP contribution in [0, 0.1) is 0 Å². The van der Waals surface area contributed by atoms with Gasteiger partial charge in [0, 0.05) is 32.4 Å². The minimum atomic E-state index is -0.985. The standard InChI is InChI=1S/C15H22N4O3S/c1-23-10-4-13(14(20)21)17-15(22)19-8-6-18(7-9-19)12-3-2-5-16-11-12/h2-3,5,11,13H,4,6-10H2,1H3,(H,17,22)(H,20,21). The summed E-state index contributed by atoms with van der Waals surface area (Å²) in [5, 5.41) is 11.8. The molecule has 2 N–H and O–H groups in total. The molecule has 23 heavy (non-hydrogen) atoms. The Morgan fingerprint density at radius 1 is 1.39 bits per heavy atom. The minimum absolute atomic E-state index is 0.302. The van der Waals surface area contributed by atoms with Crippen LogP contribution < -0.4 is 10.2 Å². The summed E-state index contributed by atoms with van der Waals surface area (Å²) in [6.45, 7) is 2.55. The molecule has 1 unspecified atom stereocenters. The summed E-state index contributed by atoms with van der Waals surface area (Å²) in [7, 11) is 0. The first-order valence-corrected chi connectivity index (χ1v) is 8.93. The number of rotatable bonds is 6. The zero-order valence-electron chi connectivity index (χ0n) is 13.1. The number of aliphatic carboxylic acids is 1. The average Bonchev–Trinajstić information content (AvgIpc) is 2.59. The number of amides is 2. The van der Waals surface area contributed by atoms with Crippen molar-refractivity contribution in [2.24, 2.45) is 0 Å². The van der Waals surface area contributed by atoms with E-state index in [9.17, 15) is 14.7 Å². The molecule has 0 saturated carbocycles. The van der Waals surface area contributed by atoms with Crippen molar-refractivity contribution in [3.8, 4) is 0 Å². The van der Waals surface area contributed by atoms with Gasteiger partial charge in [0.1, 0.15) is 6.04 Å². The Morgan fingerprint density at radius 2 is 2.13 bits per heavy atom. The molecule has 0 aliphatic carbocycles. The number of nitrogens with zero attached hydrogens (tertiary/aromatic N) is 3. The van der Waals surface area contributed by atoms with Crippen molar-refractivity contribution in [1.29, 1.82) is 0 Å². The quantitative estimate of drug-likeness (QED) is 0.808. The number of urea groups is 1. The summed E-state index contributed by atoms with van der Waals surface area (Å²) >= 11 is 1.57. The molecule has 1 aliphatic heterocycles. The molecule has 2 heterocycles. The van der Waals surface area contributed by atoms with Crippen LogP contribution in [-0.4, -0.2) is 71.2 Å². The van der Waals surface area contributed by atoms with Crippen molar-refractivity contribution in [1.82, 2.24) is 15.2 Å². The van der Waals surface area contributed by atoms with Crippen LogP contribution in [0.3, 0.4) is 0 Å². The Kier molecular flexibility index (Phi) is 6.52. The second-order valence-corrected chi connectivity index (χ2v) is 6.29. The molecule has 8 heteroatoms. The molecule has 1 aromatic heterocycles. The Bertz CT molecular complexity index is 521. The third-order valence-electron chi connectivity index (χ3n) is 3.78. The molecule has 0 spiro atoms. The number of carboxylic acid groups (broad SMARTS) is 1. The summed E-state index contributed by atoms with van der Waals surface area (Å²) in [4.78, 5) is 31.4. The van der Waals surface area contributed by atoms with Gasteiger partial charge in [0.2, 0.25) is 0 Å². The highest BCUT2D eigenvalue weighted by Crippen LogP contribution is 2.14. The monoisotopic (exact) mass is 338 g/mol. The maximum atomic E-state index is 12.2. The Morgan fingerprint density at radius 3 is 2.70 bits per heavy atom.